The maximum Gasteiger partial charge on any atom is 1.00 e. The third-order valence-corrected chi connectivity index (χ3v) is 2.02. The van der Waals surface area contributed by atoms with Crippen LogP contribution in [0.15, 0.2) is 0 Å². The second-order valence-corrected chi connectivity index (χ2v) is 2.85. The third-order valence-electron chi connectivity index (χ3n) is 2.02. The molecule has 2 aliphatic rings. The van der Waals surface area contributed by atoms with E-state index in [0.717, 1.165) is 0 Å². The Hall–Kier alpha value is 0.0274. The Morgan fingerprint density at radius 1 is 1.60 bits per heavy atom. The molecule has 4 heteroatoms. The van der Waals surface area contributed by atoms with Crippen molar-refractivity contribution in [1.29, 1.82) is 0 Å². The van der Waals surface area contributed by atoms with E-state index in [-0.39, 0.29) is 26.3 Å². The first kappa shape index (κ1) is 8.13. The van der Waals surface area contributed by atoms with Crippen molar-refractivity contribution in [2.24, 2.45) is 5.92 Å². The molecule has 2 rings (SSSR count). The van der Waals surface area contributed by atoms with Crippen molar-refractivity contribution in [3.8, 4) is 0 Å². The van der Waals surface area contributed by atoms with Gasteiger partial charge in [0, 0.05) is 6.04 Å². The molecule has 1 saturated carbocycles. The summed E-state index contributed by atoms with van der Waals surface area (Å²) in [4.78, 5) is 10.2. The van der Waals surface area contributed by atoms with Gasteiger partial charge >= 0.3 is 24.8 Å². The van der Waals surface area contributed by atoms with Gasteiger partial charge in [0.15, 0.2) is 0 Å². The molecule has 1 aliphatic carbocycles. The molecular formula is C6H10LiNO2. The summed E-state index contributed by atoms with van der Waals surface area (Å²) in [5, 5.41) is 11.4. The predicted molar refractivity (Wildman–Crippen MR) is 32.2 cm³/mol. The Kier molecular flexibility index (Phi) is 2.09. The van der Waals surface area contributed by atoms with Crippen LogP contribution < -0.4 is 24.2 Å². The molecule has 0 radical (unpaired) electrons. The summed E-state index contributed by atoms with van der Waals surface area (Å²) in [7, 11) is 0. The van der Waals surface area contributed by atoms with Crippen LogP contribution in [0.3, 0.4) is 0 Å². The summed E-state index contributed by atoms with van der Waals surface area (Å²) in [6.45, 7) is 0. The molecule has 1 aliphatic heterocycles. The molecule has 0 unspecified atom stereocenters. The molecule has 0 aromatic rings. The van der Waals surface area contributed by atoms with Gasteiger partial charge in [0.05, 0.1) is 0 Å². The third kappa shape index (κ3) is 1.37. The number of aliphatic carboxylic acids is 1. The van der Waals surface area contributed by atoms with E-state index in [9.17, 15) is 4.79 Å². The number of nitrogens with one attached hydrogen (secondary N) is 1. The van der Waals surface area contributed by atoms with Crippen molar-refractivity contribution in [3.63, 3.8) is 0 Å². The second kappa shape index (κ2) is 2.58. The smallest absolute Gasteiger partial charge is 1.00 e. The van der Waals surface area contributed by atoms with Gasteiger partial charge in [0.2, 0.25) is 0 Å². The summed E-state index contributed by atoms with van der Waals surface area (Å²) in [5.41, 5.74) is 0. The van der Waals surface area contributed by atoms with Gasteiger partial charge in [-0.05, 0) is 18.8 Å². The number of carboxylic acids is 1. The Morgan fingerprint density at radius 2 is 2.20 bits per heavy atom. The fourth-order valence-electron chi connectivity index (χ4n) is 1.24. The van der Waals surface area contributed by atoms with Gasteiger partial charge in [-0.15, -0.1) is 0 Å². The largest absolute Gasteiger partial charge is 1.00 e. The molecule has 0 aromatic heterocycles. The summed E-state index contributed by atoms with van der Waals surface area (Å²) in [6, 6.07) is 0.111. The second-order valence-electron chi connectivity index (χ2n) is 2.85. The number of rotatable bonds is 2. The van der Waals surface area contributed by atoms with Gasteiger partial charge in [-0.25, -0.2) is 0 Å². The van der Waals surface area contributed by atoms with Crippen LogP contribution in [-0.2, 0) is 4.79 Å². The molecule has 3 nitrogen and oxygen atoms in total. The van der Waals surface area contributed by atoms with Crippen molar-refractivity contribution in [1.82, 2.24) is 5.32 Å². The molecule has 10 heavy (non-hydrogen) atoms. The molecule has 2 fully saturated rings. The van der Waals surface area contributed by atoms with Crippen LogP contribution in [0.1, 0.15) is 14.3 Å². The van der Waals surface area contributed by atoms with Crippen LogP contribution in [0.4, 0.5) is 0 Å². The number of carbonyl (C=O) groups is 1. The molecular weight excluding hydrogens is 125 g/mol. The van der Waals surface area contributed by atoms with E-state index in [4.69, 9.17) is 5.11 Å². The average molecular weight is 135 g/mol. The van der Waals surface area contributed by atoms with E-state index >= 15 is 0 Å². The van der Waals surface area contributed by atoms with E-state index in [1.807, 2.05) is 0 Å². The predicted octanol–water partition coefficient (Wildman–Crippen LogP) is -3.06. The first-order valence-electron chi connectivity index (χ1n) is 3.28. The molecule has 0 aromatic carbocycles. The minimum atomic E-state index is -0.688. The van der Waals surface area contributed by atoms with Crippen molar-refractivity contribution in [2.45, 2.75) is 24.9 Å². The fourth-order valence-corrected chi connectivity index (χ4v) is 1.24. The molecule has 0 bridgehead atoms. The molecule has 1 saturated heterocycles. The average Bonchev–Trinajstić information content (AvgIpc) is 2.60. The van der Waals surface area contributed by atoms with Crippen molar-refractivity contribution in [3.05, 3.63) is 0 Å². The maximum atomic E-state index is 10.2. The molecule has 0 spiro atoms. The topological polar surface area (TPSA) is 59.2 Å². The van der Waals surface area contributed by atoms with Crippen LogP contribution in [0.25, 0.3) is 0 Å². The van der Waals surface area contributed by atoms with Crippen LogP contribution in [0, 0.1) is 5.92 Å². The molecule has 0 amide bonds. The zero-order valence-corrected chi connectivity index (χ0v) is 6.00. The monoisotopic (exact) mass is 135 g/mol. The van der Waals surface area contributed by atoms with E-state index in [1.165, 1.54) is 12.8 Å². The van der Waals surface area contributed by atoms with Gasteiger partial charge in [-0.3, -0.25) is 10.1 Å². The van der Waals surface area contributed by atoms with Gasteiger partial charge in [-0.1, -0.05) is 0 Å². The SMILES string of the molecule is O=C(O)[C@@H]1N[C@H]1C1CC1.[H-].[Li+]. The molecule has 2 N–H and O–H groups in total. The van der Waals surface area contributed by atoms with E-state index in [1.54, 1.807) is 0 Å². The first-order valence-corrected chi connectivity index (χ1v) is 3.28. The maximum absolute atomic E-state index is 10.2. The van der Waals surface area contributed by atoms with Gasteiger partial charge < -0.3 is 6.53 Å². The summed E-state index contributed by atoms with van der Waals surface area (Å²) in [5.74, 6) is -0.00185. The summed E-state index contributed by atoms with van der Waals surface area (Å²) < 4.78 is 0. The normalized spacial score (nSPS) is 36.4. The van der Waals surface area contributed by atoms with Crippen LogP contribution >= 0.6 is 0 Å². The quantitative estimate of drug-likeness (QED) is 0.312. The Labute approximate surface area is 72.8 Å². The van der Waals surface area contributed by atoms with Crippen LogP contribution in [0.2, 0.25) is 0 Å². The van der Waals surface area contributed by atoms with Gasteiger partial charge in [0.25, 0.3) is 0 Å². The number of hydrogen-bond acceptors (Lipinski definition) is 2. The zero-order valence-electron chi connectivity index (χ0n) is 7.00. The van der Waals surface area contributed by atoms with Gasteiger partial charge in [0.1, 0.15) is 6.04 Å². The number of hydrogen-bond donors (Lipinski definition) is 2. The van der Waals surface area contributed by atoms with Crippen LogP contribution in [-0.4, -0.2) is 23.2 Å². The Balaban J connectivity index is 0.000000500. The Bertz CT molecular complexity index is 163. The molecule has 52 valence electrons. The summed E-state index contributed by atoms with van der Waals surface area (Å²) in [6.07, 6.45) is 2.45. The van der Waals surface area contributed by atoms with E-state index < -0.39 is 5.97 Å². The van der Waals surface area contributed by atoms with Gasteiger partial charge in [-0.2, -0.15) is 0 Å². The standard InChI is InChI=1S/C6H9NO2.Li.H/c8-6(9)5-4(7-5)3-1-2-3;;/h3-5,7H,1-2H2,(H,8,9);;/q;+1;-1/t4-,5+;;/m0../s1. The molecule has 2 atom stereocenters. The minimum absolute atomic E-state index is 0. The zero-order chi connectivity index (χ0) is 6.43. The molecule has 1 heterocycles. The minimum Gasteiger partial charge on any atom is -1.00 e. The van der Waals surface area contributed by atoms with Crippen LogP contribution in [0.5, 0.6) is 0 Å². The van der Waals surface area contributed by atoms with E-state index in [0.29, 0.717) is 12.0 Å². The van der Waals surface area contributed by atoms with E-state index in [2.05, 4.69) is 5.32 Å². The first-order chi connectivity index (χ1) is 4.29. The fraction of sp³-hybridized carbons (Fsp3) is 0.833. The van der Waals surface area contributed by atoms with Crippen molar-refractivity contribution < 1.29 is 30.2 Å². The van der Waals surface area contributed by atoms with Crippen molar-refractivity contribution >= 4 is 5.97 Å². The van der Waals surface area contributed by atoms with Crippen molar-refractivity contribution in [2.75, 3.05) is 0 Å². The Morgan fingerprint density at radius 3 is 2.50 bits per heavy atom. The number of carboxylic acid groups (broad SMARTS) is 1. The summed E-state index contributed by atoms with van der Waals surface area (Å²) >= 11 is 0.